The van der Waals surface area contributed by atoms with Crippen molar-refractivity contribution < 1.29 is 0 Å². The molecule has 2 atom stereocenters. The van der Waals surface area contributed by atoms with Crippen molar-refractivity contribution in [3.63, 3.8) is 0 Å². The second-order valence-corrected chi connectivity index (χ2v) is 5.67. The van der Waals surface area contributed by atoms with Gasteiger partial charge in [0, 0.05) is 6.04 Å². The highest BCUT2D eigenvalue weighted by atomic mass is 14.7. The molecular weight excluding hydrogens is 170 g/mol. The van der Waals surface area contributed by atoms with Gasteiger partial charge in [-0.1, -0.05) is 48.0 Å². The van der Waals surface area contributed by atoms with Crippen LogP contribution in [-0.4, -0.2) is 6.04 Å². The standard InChI is InChI=1S/C11H23N.C2H6/c1-5-11(4)7-9(12)6-10(2,3)8-11;1-2/h9H,5-8,12H2,1-4H3;1-2H3. The zero-order chi connectivity index (χ0) is 11.4. The van der Waals surface area contributed by atoms with Crippen molar-refractivity contribution in [1.82, 2.24) is 0 Å². The van der Waals surface area contributed by atoms with Crippen LogP contribution in [0, 0.1) is 10.8 Å². The predicted molar refractivity (Wildman–Crippen MR) is 65.4 cm³/mol. The quantitative estimate of drug-likeness (QED) is 0.679. The van der Waals surface area contributed by atoms with E-state index < -0.39 is 0 Å². The maximum absolute atomic E-state index is 6.06. The van der Waals surface area contributed by atoms with Crippen LogP contribution in [0.15, 0.2) is 0 Å². The van der Waals surface area contributed by atoms with Gasteiger partial charge >= 0.3 is 0 Å². The Labute approximate surface area is 90.5 Å². The minimum atomic E-state index is 0.429. The molecule has 0 bridgehead atoms. The Morgan fingerprint density at radius 2 is 1.64 bits per heavy atom. The Bertz CT molecular complexity index is 163. The van der Waals surface area contributed by atoms with Crippen LogP contribution in [0.4, 0.5) is 0 Å². The van der Waals surface area contributed by atoms with Crippen molar-refractivity contribution >= 4 is 0 Å². The molecular formula is C13H29N. The Hall–Kier alpha value is -0.0400. The molecule has 86 valence electrons. The Balaban J connectivity index is 0.000000791. The van der Waals surface area contributed by atoms with E-state index in [2.05, 4.69) is 27.7 Å². The van der Waals surface area contributed by atoms with Gasteiger partial charge in [0.05, 0.1) is 0 Å². The van der Waals surface area contributed by atoms with E-state index >= 15 is 0 Å². The molecule has 0 saturated heterocycles. The molecule has 2 unspecified atom stereocenters. The molecule has 0 radical (unpaired) electrons. The Kier molecular flexibility index (Phi) is 5.14. The SMILES string of the molecule is CC.CCC1(C)CC(N)CC(C)(C)C1. The summed E-state index contributed by atoms with van der Waals surface area (Å²) in [5.41, 5.74) is 7.02. The summed E-state index contributed by atoms with van der Waals surface area (Å²) in [5.74, 6) is 0. The summed E-state index contributed by atoms with van der Waals surface area (Å²) in [7, 11) is 0. The van der Waals surface area contributed by atoms with Crippen LogP contribution >= 0.6 is 0 Å². The maximum Gasteiger partial charge on any atom is 0.00491 e. The summed E-state index contributed by atoms with van der Waals surface area (Å²) < 4.78 is 0. The summed E-state index contributed by atoms with van der Waals surface area (Å²) in [5, 5.41) is 0. The van der Waals surface area contributed by atoms with E-state index in [1.165, 1.54) is 25.7 Å². The summed E-state index contributed by atoms with van der Waals surface area (Å²) in [6.45, 7) is 13.4. The molecule has 0 aliphatic heterocycles. The van der Waals surface area contributed by atoms with E-state index in [1.807, 2.05) is 13.8 Å². The van der Waals surface area contributed by atoms with Crippen LogP contribution in [0.5, 0.6) is 0 Å². The molecule has 0 aromatic carbocycles. The average molecular weight is 199 g/mol. The largest absolute Gasteiger partial charge is 0.328 e. The number of nitrogens with two attached hydrogens (primary N) is 1. The minimum absolute atomic E-state index is 0.429. The zero-order valence-corrected chi connectivity index (χ0v) is 11.0. The lowest BCUT2D eigenvalue weighted by atomic mass is 9.62. The normalized spacial score (nSPS) is 35.8. The molecule has 0 amide bonds. The van der Waals surface area contributed by atoms with Gasteiger partial charge in [0.15, 0.2) is 0 Å². The first-order valence-corrected chi connectivity index (χ1v) is 6.12. The molecule has 1 heteroatoms. The molecule has 14 heavy (non-hydrogen) atoms. The lowest BCUT2D eigenvalue weighted by molar-refractivity contribution is 0.0802. The summed E-state index contributed by atoms with van der Waals surface area (Å²) >= 11 is 0. The molecule has 2 N–H and O–H groups in total. The first-order valence-electron chi connectivity index (χ1n) is 6.12. The first kappa shape index (κ1) is 14.0. The molecule has 0 aromatic rings. The maximum atomic E-state index is 6.06. The second kappa shape index (κ2) is 5.16. The molecule has 1 saturated carbocycles. The number of hydrogen-bond donors (Lipinski definition) is 1. The first-order chi connectivity index (χ1) is 6.37. The van der Waals surface area contributed by atoms with Gasteiger partial charge in [0.25, 0.3) is 0 Å². The average Bonchev–Trinajstić information content (AvgIpc) is 2.04. The van der Waals surface area contributed by atoms with Gasteiger partial charge in [-0.15, -0.1) is 0 Å². The van der Waals surface area contributed by atoms with Gasteiger partial charge in [-0.05, 0) is 30.1 Å². The topological polar surface area (TPSA) is 26.0 Å². The van der Waals surface area contributed by atoms with Gasteiger partial charge in [0.2, 0.25) is 0 Å². The minimum Gasteiger partial charge on any atom is -0.328 e. The van der Waals surface area contributed by atoms with Crippen LogP contribution in [0.1, 0.15) is 67.2 Å². The second-order valence-electron chi connectivity index (χ2n) is 5.67. The van der Waals surface area contributed by atoms with Crippen molar-refractivity contribution in [1.29, 1.82) is 0 Å². The van der Waals surface area contributed by atoms with Crippen molar-refractivity contribution in [3.8, 4) is 0 Å². The predicted octanol–water partition coefficient (Wildman–Crippen LogP) is 3.97. The summed E-state index contributed by atoms with van der Waals surface area (Å²) in [6, 6.07) is 0.429. The summed E-state index contributed by atoms with van der Waals surface area (Å²) in [4.78, 5) is 0. The van der Waals surface area contributed by atoms with Crippen LogP contribution in [0.3, 0.4) is 0 Å². The zero-order valence-electron chi connectivity index (χ0n) is 11.0. The van der Waals surface area contributed by atoms with E-state index in [0.29, 0.717) is 16.9 Å². The fraction of sp³-hybridized carbons (Fsp3) is 1.00. The Morgan fingerprint density at radius 3 is 2.00 bits per heavy atom. The molecule has 1 fully saturated rings. The van der Waals surface area contributed by atoms with E-state index in [-0.39, 0.29) is 0 Å². The summed E-state index contributed by atoms with van der Waals surface area (Å²) in [6.07, 6.45) is 5.02. The van der Waals surface area contributed by atoms with Crippen molar-refractivity contribution in [2.75, 3.05) is 0 Å². The van der Waals surface area contributed by atoms with Gasteiger partial charge in [-0.25, -0.2) is 0 Å². The van der Waals surface area contributed by atoms with Gasteiger partial charge in [0.1, 0.15) is 0 Å². The van der Waals surface area contributed by atoms with E-state index in [0.717, 1.165) is 0 Å². The molecule has 1 rings (SSSR count). The van der Waals surface area contributed by atoms with Gasteiger partial charge in [-0.2, -0.15) is 0 Å². The van der Waals surface area contributed by atoms with Crippen LogP contribution in [0.2, 0.25) is 0 Å². The monoisotopic (exact) mass is 199 g/mol. The lowest BCUT2D eigenvalue weighted by Gasteiger charge is -2.45. The lowest BCUT2D eigenvalue weighted by Crippen LogP contribution is -2.41. The molecule has 1 aliphatic carbocycles. The third-order valence-corrected chi connectivity index (χ3v) is 3.33. The molecule has 0 aromatic heterocycles. The van der Waals surface area contributed by atoms with Crippen LogP contribution in [0.25, 0.3) is 0 Å². The van der Waals surface area contributed by atoms with Crippen LogP contribution in [-0.2, 0) is 0 Å². The molecule has 0 spiro atoms. The van der Waals surface area contributed by atoms with E-state index in [9.17, 15) is 0 Å². The smallest absolute Gasteiger partial charge is 0.00491 e. The third kappa shape index (κ3) is 4.00. The van der Waals surface area contributed by atoms with Crippen LogP contribution < -0.4 is 5.73 Å². The number of rotatable bonds is 1. The third-order valence-electron chi connectivity index (χ3n) is 3.33. The van der Waals surface area contributed by atoms with Crippen molar-refractivity contribution in [2.45, 2.75) is 73.3 Å². The molecule has 1 nitrogen and oxygen atoms in total. The fourth-order valence-corrected chi connectivity index (χ4v) is 2.98. The van der Waals surface area contributed by atoms with E-state index in [1.54, 1.807) is 0 Å². The molecule has 1 aliphatic rings. The fourth-order valence-electron chi connectivity index (χ4n) is 2.98. The highest BCUT2D eigenvalue weighted by molar-refractivity contribution is 4.92. The van der Waals surface area contributed by atoms with Crippen molar-refractivity contribution in [2.24, 2.45) is 16.6 Å². The number of hydrogen-bond acceptors (Lipinski definition) is 1. The Morgan fingerprint density at radius 1 is 1.14 bits per heavy atom. The highest BCUT2D eigenvalue weighted by Gasteiger charge is 2.38. The van der Waals surface area contributed by atoms with Crippen molar-refractivity contribution in [3.05, 3.63) is 0 Å². The van der Waals surface area contributed by atoms with E-state index in [4.69, 9.17) is 5.73 Å². The van der Waals surface area contributed by atoms with Gasteiger partial charge in [-0.3, -0.25) is 0 Å². The highest BCUT2D eigenvalue weighted by Crippen LogP contribution is 2.47. The molecule has 0 heterocycles. The van der Waals surface area contributed by atoms with Gasteiger partial charge < -0.3 is 5.73 Å².